The number of hydrogen-bond donors (Lipinski definition) is 2. The van der Waals surface area contributed by atoms with Gasteiger partial charge in [0.05, 0.1) is 23.6 Å². The van der Waals surface area contributed by atoms with Crippen LogP contribution in [-0.4, -0.2) is 30.1 Å². The van der Waals surface area contributed by atoms with Crippen LogP contribution >= 0.6 is 11.6 Å². The summed E-state index contributed by atoms with van der Waals surface area (Å²) >= 11 is 6.21. The molecule has 0 radical (unpaired) electrons. The van der Waals surface area contributed by atoms with Gasteiger partial charge >= 0.3 is 0 Å². The third-order valence-corrected chi connectivity index (χ3v) is 5.55. The first-order valence-electron chi connectivity index (χ1n) is 9.94. The van der Waals surface area contributed by atoms with E-state index < -0.39 is 52.6 Å². The number of nitrogens with one attached hydrogen (secondary N) is 2. The van der Waals surface area contributed by atoms with Gasteiger partial charge in [0, 0.05) is 25.4 Å². The van der Waals surface area contributed by atoms with Gasteiger partial charge in [0.15, 0.2) is 17.4 Å². The van der Waals surface area contributed by atoms with E-state index in [0.717, 1.165) is 0 Å². The Labute approximate surface area is 184 Å². The summed E-state index contributed by atoms with van der Waals surface area (Å²) in [7, 11) is 1.71. The molecule has 0 saturated heterocycles. The van der Waals surface area contributed by atoms with E-state index in [4.69, 9.17) is 16.3 Å². The molecule has 1 amide bonds. The highest BCUT2D eigenvalue weighted by Crippen LogP contribution is 2.34. The Balaban J connectivity index is 2.12. The first kappa shape index (κ1) is 25.3. The van der Waals surface area contributed by atoms with Crippen molar-refractivity contribution in [2.75, 3.05) is 13.7 Å². The van der Waals surface area contributed by atoms with Crippen LogP contribution in [0.5, 0.6) is 5.75 Å². The first-order chi connectivity index (χ1) is 14.3. The summed E-state index contributed by atoms with van der Waals surface area (Å²) < 4.78 is 62.4. The number of nitrogens with zero attached hydrogens (tertiary/aromatic N) is 1. The molecule has 0 bridgehead atoms. The summed E-state index contributed by atoms with van der Waals surface area (Å²) in [4.78, 5) is 12.4. The average Bonchev–Trinajstić information content (AvgIpc) is 2.95. The fourth-order valence-corrected chi connectivity index (χ4v) is 3.52. The fourth-order valence-electron chi connectivity index (χ4n) is 3.14. The van der Waals surface area contributed by atoms with Crippen molar-refractivity contribution >= 4 is 17.5 Å². The van der Waals surface area contributed by atoms with Gasteiger partial charge in [0.25, 0.3) is 0 Å². The maximum atomic E-state index is 14.4. The van der Waals surface area contributed by atoms with E-state index in [9.17, 15) is 22.4 Å². The summed E-state index contributed by atoms with van der Waals surface area (Å²) in [6.07, 6.45) is 2.37. The maximum absolute atomic E-state index is 14.4. The summed E-state index contributed by atoms with van der Waals surface area (Å²) in [6.45, 7) is 6.64. The lowest BCUT2D eigenvalue weighted by Gasteiger charge is -2.29. The molecular weight excluding hydrogens is 438 g/mol. The lowest BCUT2D eigenvalue weighted by molar-refractivity contribution is -0.122. The largest absolute Gasteiger partial charge is 0.487 e. The molecular formula is C21H28ClF4N3O2. The topological polar surface area (TPSA) is 53.6 Å². The zero-order chi connectivity index (χ0) is 23.6. The summed E-state index contributed by atoms with van der Waals surface area (Å²) in [5.74, 6) is -8.17. The minimum atomic E-state index is -1.63. The highest BCUT2D eigenvalue weighted by molar-refractivity contribution is 6.31. The predicted octanol–water partition coefficient (Wildman–Crippen LogP) is 4.74. The summed E-state index contributed by atoms with van der Waals surface area (Å²) in [5, 5.41) is 4.30. The molecule has 0 saturated carbocycles. The van der Waals surface area contributed by atoms with Gasteiger partial charge in [-0.05, 0) is 18.3 Å². The molecule has 5 nitrogen and oxygen atoms in total. The Bertz CT molecular complexity index is 844. The van der Waals surface area contributed by atoms with E-state index >= 15 is 0 Å². The Kier molecular flexibility index (Phi) is 7.86. The van der Waals surface area contributed by atoms with Gasteiger partial charge in [-0.3, -0.25) is 4.79 Å². The van der Waals surface area contributed by atoms with Gasteiger partial charge in [0.1, 0.15) is 0 Å². The molecule has 0 spiro atoms. The standard InChI is InChI=1S/C21H28ClF4N3O2/c1-6-21(13(22)11-29(5)28-21)9-14(30)27-10-12-15(23)17(25)19(18(26)16(12)24)31-8-7-20(2,3)4/h11,28H,6-10H2,1-5H3,(H,27,30). The van der Waals surface area contributed by atoms with Crippen LogP contribution in [0.2, 0.25) is 0 Å². The van der Waals surface area contributed by atoms with Gasteiger partial charge < -0.3 is 15.1 Å². The monoisotopic (exact) mass is 465 g/mol. The molecule has 1 atom stereocenters. The van der Waals surface area contributed by atoms with Gasteiger partial charge in [-0.2, -0.15) is 8.78 Å². The van der Waals surface area contributed by atoms with Gasteiger partial charge in [-0.25, -0.2) is 14.2 Å². The molecule has 174 valence electrons. The number of benzene rings is 1. The highest BCUT2D eigenvalue weighted by atomic mass is 35.5. The van der Waals surface area contributed by atoms with Crippen molar-refractivity contribution in [2.45, 2.75) is 59.0 Å². The van der Waals surface area contributed by atoms with Gasteiger partial charge in [-0.15, -0.1) is 0 Å². The summed E-state index contributed by atoms with van der Waals surface area (Å²) in [6, 6.07) is 0. The van der Waals surface area contributed by atoms with Crippen molar-refractivity contribution in [3.8, 4) is 5.75 Å². The molecule has 1 aromatic rings. The van der Waals surface area contributed by atoms with Crippen molar-refractivity contribution in [2.24, 2.45) is 5.41 Å². The molecule has 1 aliphatic rings. The molecule has 0 aromatic heterocycles. The van der Waals surface area contributed by atoms with E-state index in [-0.39, 0.29) is 18.4 Å². The Hall–Kier alpha value is -2.00. The second-order valence-corrected chi connectivity index (χ2v) is 9.22. The van der Waals surface area contributed by atoms with Crippen molar-refractivity contribution in [3.63, 3.8) is 0 Å². The molecule has 1 aromatic carbocycles. The van der Waals surface area contributed by atoms with E-state index in [1.165, 1.54) is 0 Å². The number of carbonyl (C=O) groups excluding carboxylic acids is 1. The second kappa shape index (κ2) is 9.65. The smallest absolute Gasteiger partial charge is 0.222 e. The first-order valence-corrected chi connectivity index (χ1v) is 10.3. The minimum absolute atomic E-state index is 0.110. The Morgan fingerprint density at radius 3 is 2.23 bits per heavy atom. The molecule has 2 N–H and O–H groups in total. The summed E-state index contributed by atoms with van der Waals surface area (Å²) in [5.41, 5.74) is 1.06. The number of rotatable bonds is 8. The van der Waals surface area contributed by atoms with Crippen LogP contribution in [0.1, 0.15) is 52.5 Å². The van der Waals surface area contributed by atoms with Crippen LogP contribution in [-0.2, 0) is 11.3 Å². The van der Waals surface area contributed by atoms with Crippen LogP contribution in [0.15, 0.2) is 11.2 Å². The quantitative estimate of drug-likeness (QED) is 0.430. The van der Waals surface area contributed by atoms with Crippen molar-refractivity contribution in [1.82, 2.24) is 15.8 Å². The van der Waals surface area contributed by atoms with E-state index in [0.29, 0.717) is 17.9 Å². The van der Waals surface area contributed by atoms with E-state index in [1.807, 2.05) is 27.7 Å². The van der Waals surface area contributed by atoms with Crippen molar-refractivity contribution in [3.05, 3.63) is 40.1 Å². The van der Waals surface area contributed by atoms with Crippen LogP contribution in [0.25, 0.3) is 0 Å². The number of ether oxygens (including phenoxy) is 1. The van der Waals surface area contributed by atoms with Gasteiger partial charge in [-0.1, -0.05) is 39.3 Å². The molecule has 0 fully saturated rings. The number of halogens is 5. The zero-order valence-corrected chi connectivity index (χ0v) is 19.0. The maximum Gasteiger partial charge on any atom is 0.222 e. The fraction of sp³-hybridized carbons (Fsp3) is 0.571. The van der Waals surface area contributed by atoms with Crippen molar-refractivity contribution in [1.29, 1.82) is 0 Å². The number of amides is 1. The van der Waals surface area contributed by atoms with E-state index in [1.54, 1.807) is 18.3 Å². The molecule has 2 rings (SSSR count). The van der Waals surface area contributed by atoms with E-state index in [2.05, 4.69) is 10.7 Å². The molecule has 10 heteroatoms. The molecule has 0 aliphatic carbocycles. The van der Waals surface area contributed by atoms with Crippen LogP contribution in [0.3, 0.4) is 0 Å². The highest BCUT2D eigenvalue weighted by Gasteiger charge is 2.39. The second-order valence-electron chi connectivity index (χ2n) is 8.81. The lowest BCUT2D eigenvalue weighted by Crippen LogP contribution is -2.49. The van der Waals surface area contributed by atoms with Crippen LogP contribution < -0.4 is 15.5 Å². The number of hydrazine groups is 1. The normalized spacial score (nSPS) is 18.9. The Morgan fingerprint density at radius 2 is 1.77 bits per heavy atom. The number of hydrogen-bond acceptors (Lipinski definition) is 4. The average molecular weight is 466 g/mol. The van der Waals surface area contributed by atoms with Crippen LogP contribution in [0, 0.1) is 28.7 Å². The van der Waals surface area contributed by atoms with Crippen molar-refractivity contribution < 1.29 is 27.1 Å². The third-order valence-electron chi connectivity index (χ3n) is 5.10. The minimum Gasteiger partial charge on any atom is -0.487 e. The van der Waals surface area contributed by atoms with Gasteiger partial charge in [0.2, 0.25) is 17.5 Å². The molecule has 31 heavy (non-hydrogen) atoms. The molecule has 1 aliphatic heterocycles. The number of carbonyl (C=O) groups is 1. The zero-order valence-electron chi connectivity index (χ0n) is 18.3. The van der Waals surface area contributed by atoms with Crippen LogP contribution in [0.4, 0.5) is 17.6 Å². The third kappa shape index (κ3) is 5.83. The predicted molar refractivity (Wildman–Crippen MR) is 110 cm³/mol. The Morgan fingerprint density at radius 1 is 1.19 bits per heavy atom. The lowest BCUT2D eigenvalue weighted by atomic mass is 9.92. The molecule has 1 unspecified atom stereocenters. The molecule has 1 heterocycles. The SMILES string of the molecule is CCC1(CC(=O)NCc2c(F)c(F)c(OCCC(C)(C)C)c(F)c2F)NN(C)C=C1Cl.